The molecule has 0 aliphatic carbocycles. The summed E-state index contributed by atoms with van der Waals surface area (Å²) in [4.78, 5) is 14.2. The predicted octanol–water partition coefficient (Wildman–Crippen LogP) is 3.64. The van der Waals surface area contributed by atoms with Gasteiger partial charge in [-0.2, -0.15) is 0 Å². The minimum absolute atomic E-state index is 0. The second-order valence-electron chi connectivity index (χ2n) is 6.38. The monoisotopic (exact) mass is 407 g/mol. The molecule has 4 aromatic rings. The molecule has 0 saturated carbocycles. The molecule has 0 bridgehead atoms. The van der Waals surface area contributed by atoms with Gasteiger partial charge in [0.2, 0.25) is 0 Å². The summed E-state index contributed by atoms with van der Waals surface area (Å²) in [5.41, 5.74) is 11.6. The Morgan fingerprint density at radius 2 is 1.48 bits per heavy atom. The second kappa shape index (κ2) is 9.43. The Bertz CT molecular complexity index is 1090. The van der Waals surface area contributed by atoms with Crippen molar-refractivity contribution in [2.45, 2.75) is 6.54 Å². The van der Waals surface area contributed by atoms with Crippen LogP contribution in [0.15, 0.2) is 66.7 Å². The molecule has 29 heavy (non-hydrogen) atoms. The maximum absolute atomic E-state index is 9.01. The highest BCUT2D eigenvalue weighted by atomic mass is 35.5. The highest BCUT2D eigenvalue weighted by Gasteiger charge is 2.14. The molecular weight excluding hydrogens is 386 g/mol. The lowest BCUT2D eigenvalue weighted by molar-refractivity contribution is 0.311. The van der Waals surface area contributed by atoms with Gasteiger partial charge in [-0.1, -0.05) is 54.6 Å². The molecule has 2 aromatic heterocycles. The van der Waals surface area contributed by atoms with Crippen molar-refractivity contribution in [2.24, 2.45) is 5.73 Å². The average Bonchev–Trinajstić information content (AvgIpc) is 2.77. The van der Waals surface area contributed by atoms with Gasteiger partial charge in [-0.3, -0.25) is 0 Å². The van der Waals surface area contributed by atoms with Crippen molar-refractivity contribution in [3.63, 3.8) is 0 Å². The van der Waals surface area contributed by atoms with E-state index in [0.717, 1.165) is 28.1 Å². The minimum Gasteiger partial charge on any atom is -0.395 e. The summed E-state index contributed by atoms with van der Waals surface area (Å²) in [5, 5.41) is 12.1. The molecule has 0 aliphatic rings. The van der Waals surface area contributed by atoms with Gasteiger partial charge in [0.05, 0.1) is 18.0 Å². The quantitative estimate of drug-likeness (QED) is 0.451. The van der Waals surface area contributed by atoms with Crippen molar-refractivity contribution in [2.75, 3.05) is 18.5 Å². The van der Waals surface area contributed by atoms with E-state index < -0.39 is 0 Å². The highest BCUT2D eigenvalue weighted by Crippen LogP contribution is 2.31. The van der Waals surface area contributed by atoms with Crippen LogP contribution in [0.4, 0.5) is 5.82 Å². The Balaban J connectivity index is 0.00000240. The van der Waals surface area contributed by atoms with Crippen molar-refractivity contribution >= 4 is 29.4 Å². The van der Waals surface area contributed by atoms with Crippen LogP contribution in [0.2, 0.25) is 0 Å². The summed E-state index contributed by atoms with van der Waals surface area (Å²) in [7, 11) is 0. The van der Waals surface area contributed by atoms with Crippen LogP contribution in [0.3, 0.4) is 0 Å². The second-order valence-corrected chi connectivity index (χ2v) is 6.38. The zero-order chi connectivity index (χ0) is 19.3. The van der Waals surface area contributed by atoms with E-state index in [1.54, 1.807) is 0 Å². The number of nitrogens with two attached hydrogens (primary N) is 1. The van der Waals surface area contributed by atoms with Crippen LogP contribution >= 0.6 is 12.4 Å². The fourth-order valence-corrected chi connectivity index (χ4v) is 3.02. The van der Waals surface area contributed by atoms with Crippen LogP contribution in [-0.2, 0) is 6.54 Å². The lowest BCUT2D eigenvalue weighted by atomic mass is 10.0. The van der Waals surface area contributed by atoms with E-state index >= 15 is 0 Å². The van der Waals surface area contributed by atoms with Crippen molar-refractivity contribution in [1.82, 2.24) is 15.0 Å². The number of halogens is 1. The number of aliphatic hydroxyl groups is 1. The van der Waals surface area contributed by atoms with Crippen molar-refractivity contribution in [3.05, 3.63) is 72.3 Å². The third kappa shape index (κ3) is 4.51. The maximum Gasteiger partial charge on any atom is 0.180 e. The molecule has 0 aliphatic heterocycles. The lowest BCUT2D eigenvalue weighted by Gasteiger charge is -2.11. The molecule has 148 valence electrons. The summed E-state index contributed by atoms with van der Waals surface area (Å²) in [6.07, 6.45) is 0. The number of hydrogen-bond acceptors (Lipinski definition) is 6. The van der Waals surface area contributed by atoms with Gasteiger partial charge in [0, 0.05) is 24.2 Å². The molecule has 2 aromatic carbocycles. The molecule has 0 unspecified atom stereocenters. The largest absolute Gasteiger partial charge is 0.395 e. The van der Waals surface area contributed by atoms with Gasteiger partial charge < -0.3 is 16.2 Å². The number of aliphatic hydroxyl groups excluding tert-OH is 1. The Kier molecular flexibility index (Phi) is 6.72. The minimum atomic E-state index is 0. The molecule has 0 saturated heterocycles. The molecule has 0 radical (unpaired) electrons. The Morgan fingerprint density at radius 1 is 0.793 bits per heavy atom. The maximum atomic E-state index is 9.01. The first-order valence-corrected chi connectivity index (χ1v) is 9.17. The topological polar surface area (TPSA) is 97.0 Å². The number of benzene rings is 2. The Morgan fingerprint density at radius 3 is 2.17 bits per heavy atom. The summed E-state index contributed by atoms with van der Waals surface area (Å²) >= 11 is 0. The Hall–Kier alpha value is -3.06. The zero-order valence-electron chi connectivity index (χ0n) is 15.7. The fourth-order valence-electron chi connectivity index (χ4n) is 3.02. The predicted molar refractivity (Wildman–Crippen MR) is 119 cm³/mol. The van der Waals surface area contributed by atoms with Crippen LogP contribution in [-0.4, -0.2) is 33.2 Å². The number of aromatic nitrogens is 3. The van der Waals surface area contributed by atoms with E-state index in [4.69, 9.17) is 20.8 Å². The van der Waals surface area contributed by atoms with Gasteiger partial charge in [0.25, 0.3) is 0 Å². The molecule has 4 N–H and O–H groups in total. The number of hydrogen-bond donors (Lipinski definition) is 3. The molecule has 4 rings (SSSR count). The summed E-state index contributed by atoms with van der Waals surface area (Å²) < 4.78 is 0. The number of pyridine rings is 1. The van der Waals surface area contributed by atoms with E-state index in [0.29, 0.717) is 30.1 Å². The number of fused-ring (bicyclic) bond motifs is 1. The van der Waals surface area contributed by atoms with Gasteiger partial charge in [-0.15, -0.1) is 12.4 Å². The molecule has 2 heterocycles. The van der Waals surface area contributed by atoms with Crippen molar-refractivity contribution < 1.29 is 5.11 Å². The summed E-state index contributed by atoms with van der Waals surface area (Å²) in [6, 6.07) is 21.8. The molecular formula is C22H22ClN5O. The molecule has 7 heteroatoms. The normalized spacial score (nSPS) is 10.6. The highest BCUT2D eigenvalue weighted by molar-refractivity contribution is 5.86. The van der Waals surface area contributed by atoms with E-state index in [1.165, 1.54) is 0 Å². The molecule has 0 spiro atoms. The number of rotatable bonds is 6. The van der Waals surface area contributed by atoms with Gasteiger partial charge in [0.15, 0.2) is 5.65 Å². The molecule has 0 amide bonds. The lowest BCUT2D eigenvalue weighted by Crippen LogP contribution is -2.07. The van der Waals surface area contributed by atoms with Crippen LogP contribution in [0.5, 0.6) is 0 Å². The van der Waals surface area contributed by atoms with Crippen LogP contribution in [0.25, 0.3) is 33.7 Å². The smallest absolute Gasteiger partial charge is 0.180 e. The SMILES string of the molecule is Cl.NCc1ccc(-c2nc3ccc(NCCO)nc3nc2-c2ccccc2)cc1. The van der Waals surface area contributed by atoms with Crippen LogP contribution in [0, 0.1) is 0 Å². The van der Waals surface area contributed by atoms with Crippen LogP contribution in [0.1, 0.15) is 5.56 Å². The van der Waals surface area contributed by atoms with Gasteiger partial charge >= 0.3 is 0 Å². The van der Waals surface area contributed by atoms with Crippen molar-refractivity contribution in [3.8, 4) is 22.5 Å². The molecule has 0 fully saturated rings. The van der Waals surface area contributed by atoms with E-state index in [1.807, 2.05) is 66.7 Å². The van der Waals surface area contributed by atoms with E-state index in [9.17, 15) is 0 Å². The third-order valence-electron chi connectivity index (χ3n) is 4.46. The average molecular weight is 408 g/mol. The molecule has 6 nitrogen and oxygen atoms in total. The standard InChI is InChI=1S/C22H21N5O.ClH/c23-14-15-6-8-17(9-7-15)20-21(16-4-2-1-3-5-16)27-22-18(25-20)10-11-19(26-22)24-12-13-28;/h1-11,28H,12-14,23H2,(H,24,26,27);1H. The first-order valence-electron chi connectivity index (χ1n) is 9.17. The first-order chi connectivity index (χ1) is 13.8. The van der Waals surface area contributed by atoms with Crippen molar-refractivity contribution in [1.29, 1.82) is 0 Å². The summed E-state index contributed by atoms with van der Waals surface area (Å²) in [5.74, 6) is 0.662. The fraction of sp³-hybridized carbons (Fsp3) is 0.136. The number of nitrogens with one attached hydrogen (secondary N) is 1. The first kappa shape index (κ1) is 20.7. The molecule has 0 atom stereocenters. The summed E-state index contributed by atoms with van der Waals surface area (Å²) in [6.45, 7) is 0.976. The zero-order valence-corrected chi connectivity index (χ0v) is 16.6. The Labute approximate surface area is 175 Å². The van der Waals surface area contributed by atoms with Gasteiger partial charge in [-0.25, -0.2) is 15.0 Å². The third-order valence-corrected chi connectivity index (χ3v) is 4.46. The van der Waals surface area contributed by atoms with E-state index in [-0.39, 0.29) is 19.0 Å². The van der Waals surface area contributed by atoms with Gasteiger partial charge in [-0.05, 0) is 17.7 Å². The number of anilines is 1. The van der Waals surface area contributed by atoms with Crippen LogP contribution < -0.4 is 11.1 Å². The van der Waals surface area contributed by atoms with Gasteiger partial charge in [0.1, 0.15) is 11.3 Å². The number of nitrogens with zero attached hydrogens (tertiary/aromatic N) is 3. The van der Waals surface area contributed by atoms with E-state index in [2.05, 4.69) is 10.3 Å².